The Labute approximate surface area is 111 Å². The summed E-state index contributed by atoms with van der Waals surface area (Å²) in [5, 5.41) is 2.34. The monoisotopic (exact) mass is 240 g/mol. The first-order chi connectivity index (χ1) is 8.45. The Morgan fingerprint density at radius 1 is 1.22 bits per heavy atom. The first-order valence-corrected chi connectivity index (χ1v) is 6.56. The van der Waals surface area contributed by atoms with Gasteiger partial charge in [0.2, 0.25) is 0 Å². The highest BCUT2D eigenvalue weighted by atomic mass is 14.0. The van der Waals surface area contributed by atoms with Crippen molar-refractivity contribution in [1.29, 1.82) is 0 Å². The number of hydrogen-bond donors (Lipinski definition) is 0. The largest absolute Gasteiger partial charge is 0.0909 e. The van der Waals surface area contributed by atoms with Crippen molar-refractivity contribution in [3.8, 4) is 0 Å². The lowest BCUT2D eigenvalue weighted by atomic mass is 10.0. The highest BCUT2D eigenvalue weighted by Gasteiger charge is 1.95. The van der Waals surface area contributed by atoms with E-state index in [0.717, 1.165) is 11.6 Å². The van der Waals surface area contributed by atoms with Crippen LogP contribution in [0.2, 0.25) is 0 Å². The Morgan fingerprint density at radius 2 is 1.89 bits per heavy atom. The first-order valence-electron chi connectivity index (χ1n) is 6.56. The maximum atomic E-state index is 4.16. The van der Waals surface area contributed by atoms with Crippen molar-refractivity contribution in [3.05, 3.63) is 57.0 Å². The zero-order valence-electron chi connectivity index (χ0n) is 12.3. The molecule has 0 nitrogen and oxygen atoms in total. The SMILES string of the molecule is C=c1c(C)ccc/c1=C/C(/C=C(/C)CC)=C(C)C. The van der Waals surface area contributed by atoms with Crippen molar-refractivity contribution in [1.82, 2.24) is 0 Å². The summed E-state index contributed by atoms with van der Waals surface area (Å²) in [6.07, 6.45) is 5.61. The van der Waals surface area contributed by atoms with Crippen LogP contribution < -0.4 is 10.4 Å². The van der Waals surface area contributed by atoms with Crippen molar-refractivity contribution in [2.75, 3.05) is 0 Å². The lowest BCUT2D eigenvalue weighted by molar-refractivity contribution is 1.09. The van der Waals surface area contributed by atoms with Gasteiger partial charge in [-0.05, 0) is 61.8 Å². The van der Waals surface area contributed by atoms with Crippen LogP contribution in [0.4, 0.5) is 0 Å². The van der Waals surface area contributed by atoms with E-state index in [2.05, 4.69) is 71.5 Å². The molecule has 0 N–H and O–H groups in total. The van der Waals surface area contributed by atoms with Crippen molar-refractivity contribution in [3.63, 3.8) is 0 Å². The van der Waals surface area contributed by atoms with Gasteiger partial charge in [0.25, 0.3) is 0 Å². The summed E-state index contributed by atoms with van der Waals surface area (Å²) in [6.45, 7) is 14.9. The third kappa shape index (κ3) is 3.73. The van der Waals surface area contributed by atoms with Crippen LogP contribution >= 0.6 is 0 Å². The van der Waals surface area contributed by atoms with E-state index in [1.807, 2.05) is 0 Å². The molecule has 0 atom stereocenters. The quantitative estimate of drug-likeness (QED) is 0.703. The Hall–Kier alpha value is -1.56. The van der Waals surface area contributed by atoms with Crippen molar-refractivity contribution in [2.24, 2.45) is 0 Å². The number of hydrogen-bond acceptors (Lipinski definition) is 0. The molecule has 96 valence electrons. The molecular formula is C18H24. The Morgan fingerprint density at radius 3 is 2.44 bits per heavy atom. The zero-order valence-corrected chi connectivity index (χ0v) is 12.3. The third-order valence-electron chi connectivity index (χ3n) is 3.29. The molecule has 0 spiro atoms. The van der Waals surface area contributed by atoms with Crippen LogP contribution in [0.5, 0.6) is 0 Å². The highest BCUT2D eigenvalue weighted by Crippen LogP contribution is 2.11. The molecule has 0 fully saturated rings. The van der Waals surface area contributed by atoms with E-state index in [4.69, 9.17) is 0 Å². The number of allylic oxidation sites excluding steroid dienone is 4. The molecule has 18 heavy (non-hydrogen) atoms. The molecule has 1 rings (SSSR count). The molecule has 0 saturated carbocycles. The molecule has 1 aromatic rings. The van der Waals surface area contributed by atoms with Crippen molar-refractivity contribution < 1.29 is 0 Å². The predicted octanol–water partition coefficient (Wildman–Crippen LogP) is 3.88. The summed E-state index contributed by atoms with van der Waals surface area (Å²) in [7, 11) is 0. The van der Waals surface area contributed by atoms with Crippen molar-refractivity contribution in [2.45, 2.75) is 41.0 Å². The van der Waals surface area contributed by atoms with Crippen LogP contribution in [0.1, 0.15) is 39.7 Å². The van der Waals surface area contributed by atoms with Gasteiger partial charge in [-0.1, -0.05) is 48.9 Å². The van der Waals surface area contributed by atoms with Crippen LogP contribution in [0.3, 0.4) is 0 Å². The number of rotatable bonds is 3. The molecule has 0 aliphatic heterocycles. The topological polar surface area (TPSA) is 0 Å². The minimum Gasteiger partial charge on any atom is -0.0909 e. The summed E-state index contributed by atoms with van der Waals surface area (Å²) in [5.74, 6) is 0. The van der Waals surface area contributed by atoms with Crippen LogP contribution in [0, 0.1) is 6.92 Å². The molecule has 0 heteroatoms. The van der Waals surface area contributed by atoms with Gasteiger partial charge in [-0.15, -0.1) is 0 Å². The van der Waals surface area contributed by atoms with Gasteiger partial charge < -0.3 is 0 Å². The average Bonchev–Trinajstić information content (AvgIpc) is 2.33. The molecule has 0 unspecified atom stereocenters. The number of benzene rings is 1. The molecule has 0 heterocycles. The van der Waals surface area contributed by atoms with Crippen LogP contribution in [-0.2, 0) is 0 Å². The van der Waals surface area contributed by atoms with E-state index in [-0.39, 0.29) is 0 Å². The van der Waals surface area contributed by atoms with Gasteiger partial charge in [-0.3, -0.25) is 0 Å². The summed E-state index contributed by atoms with van der Waals surface area (Å²) in [4.78, 5) is 0. The summed E-state index contributed by atoms with van der Waals surface area (Å²) >= 11 is 0. The molecular weight excluding hydrogens is 216 g/mol. The second kappa shape index (κ2) is 6.39. The van der Waals surface area contributed by atoms with E-state index in [1.54, 1.807) is 0 Å². The second-order valence-corrected chi connectivity index (χ2v) is 5.09. The van der Waals surface area contributed by atoms with E-state index in [0.29, 0.717) is 0 Å². The first kappa shape index (κ1) is 14.5. The highest BCUT2D eigenvalue weighted by molar-refractivity contribution is 5.56. The van der Waals surface area contributed by atoms with Gasteiger partial charge >= 0.3 is 0 Å². The fraction of sp³-hybridized carbons (Fsp3) is 0.333. The maximum Gasteiger partial charge on any atom is -0.0181 e. The van der Waals surface area contributed by atoms with E-state index in [1.165, 1.54) is 27.5 Å². The molecule has 0 amide bonds. The normalized spacial score (nSPS) is 12.7. The molecule has 0 aromatic heterocycles. The van der Waals surface area contributed by atoms with Gasteiger partial charge in [0.1, 0.15) is 0 Å². The second-order valence-electron chi connectivity index (χ2n) is 5.09. The molecule has 1 aromatic carbocycles. The summed E-state index contributed by atoms with van der Waals surface area (Å²) in [6, 6.07) is 6.33. The van der Waals surface area contributed by atoms with Gasteiger partial charge in [-0.2, -0.15) is 0 Å². The van der Waals surface area contributed by atoms with E-state index < -0.39 is 0 Å². The molecule has 0 radical (unpaired) electrons. The summed E-state index contributed by atoms with van der Waals surface area (Å²) < 4.78 is 0. The van der Waals surface area contributed by atoms with Crippen LogP contribution in [-0.4, -0.2) is 0 Å². The zero-order chi connectivity index (χ0) is 13.7. The molecule has 0 bridgehead atoms. The molecule has 0 saturated heterocycles. The van der Waals surface area contributed by atoms with Gasteiger partial charge in [0.15, 0.2) is 0 Å². The van der Waals surface area contributed by atoms with E-state index >= 15 is 0 Å². The summed E-state index contributed by atoms with van der Waals surface area (Å²) in [5.41, 5.74) is 5.28. The van der Waals surface area contributed by atoms with Gasteiger partial charge in [0, 0.05) is 0 Å². The van der Waals surface area contributed by atoms with E-state index in [9.17, 15) is 0 Å². The lowest BCUT2D eigenvalue weighted by Crippen LogP contribution is -2.25. The standard InChI is InChI=1S/C18H24/c1-7-14(4)11-18(13(2)3)12-17-10-8-9-15(5)16(17)6/h8-12H,6-7H2,1-5H3/b14-11-,17-12-. The Kier molecular flexibility index (Phi) is 5.15. The smallest absolute Gasteiger partial charge is 0.0181 e. The van der Waals surface area contributed by atoms with Crippen molar-refractivity contribution >= 4 is 12.7 Å². The third-order valence-corrected chi connectivity index (χ3v) is 3.29. The molecule has 0 aliphatic rings. The lowest BCUT2D eigenvalue weighted by Gasteiger charge is -2.02. The average molecular weight is 240 g/mol. The van der Waals surface area contributed by atoms with Crippen LogP contribution in [0.15, 0.2) is 41.0 Å². The van der Waals surface area contributed by atoms with Crippen LogP contribution in [0.25, 0.3) is 12.7 Å². The minimum absolute atomic E-state index is 1.09. The number of aryl methyl sites for hydroxylation is 1. The Balaban J connectivity index is 3.41. The molecule has 0 aliphatic carbocycles. The predicted molar refractivity (Wildman–Crippen MR) is 82.8 cm³/mol. The fourth-order valence-electron chi connectivity index (χ4n) is 1.73. The van der Waals surface area contributed by atoms with Gasteiger partial charge in [0.05, 0.1) is 0 Å². The van der Waals surface area contributed by atoms with Gasteiger partial charge in [-0.25, -0.2) is 0 Å². The maximum absolute atomic E-state index is 4.16. The Bertz CT molecular complexity index is 579. The minimum atomic E-state index is 1.09. The fourth-order valence-corrected chi connectivity index (χ4v) is 1.73.